The molecule has 2 rings (SSSR count). The van der Waals surface area contributed by atoms with Crippen molar-refractivity contribution in [1.82, 2.24) is 5.32 Å². The van der Waals surface area contributed by atoms with Gasteiger partial charge in [-0.25, -0.2) is 4.39 Å². The first kappa shape index (κ1) is 16.0. The second kappa shape index (κ2) is 6.62. The fourth-order valence-corrected chi connectivity index (χ4v) is 2.03. The zero-order chi connectivity index (χ0) is 15.5. The van der Waals surface area contributed by atoms with Crippen LogP contribution < -0.4 is 10.1 Å². The maximum atomic E-state index is 13.1. The van der Waals surface area contributed by atoms with Crippen LogP contribution in [0.15, 0.2) is 39.2 Å². The Kier molecular flexibility index (Phi) is 5.06. The van der Waals surface area contributed by atoms with Gasteiger partial charge in [-0.2, -0.15) is 0 Å². The average Bonchev–Trinajstić information content (AvgIpc) is 2.85. The van der Waals surface area contributed by atoms with Crippen molar-refractivity contribution in [2.75, 3.05) is 0 Å². The molecule has 0 spiro atoms. The van der Waals surface area contributed by atoms with Gasteiger partial charge >= 0.3 is 0 Å². The summed E-state index contributed by atoms with van der Waals surface area (Å²) in [5.41, 5.74) is 0.0455. The molecule has 0 aliphatic heterocycles. The first-order chi connectivity index (χ1) is 9.83. The monoisotopic (exact) mass is 355 g/mol. The zero-order valence-electron chi connectivity index (χ0n) is 12.4. The van der Waals surface area contributed by atoms with E-state index in [1.807, 2.05) is 12.1 Å². The zero-order valence-corrected chi connectivity index (χ0v) is 14.0. The van der Waals surface area contributed by atoms with Crippen LogP contribution in [0, 0.1) is 5.82 Å². The summed E-state index contributed by atoms with van der Waals surface area (Å²) in [5.74, 6) is 1.88. The molecule has 0 saturated carbocycles. The van der Waals surface area contributed by atoms with Crippen LogP contribution >= 0.6 is 15.9 Å². The van der Waals surface area contributed by atoms with Crippen molar-refractivity contribution < 1.29 is 13.5 Å². The summed E-state index contributed by atoms with van der Waals surface area (Å²) in [6.45, 7) is 7.30. The largest absolute Gasteiger partial charge is 0.486 e. The first-order valence-corrected chi connectivity index (χ1v) is 7.53. The van der Waals surface area contributed by atoms with Crippen LogP contribution in [0.3, 0.4) is 0 Å². The molecule has 1 aromatic heterocycles. The van der Waals surface area contributed by atoms with Crippen molar-refractivity contribution in [1.29, 1.82) is 0 Å². The van der Waals surface area contributed by atoms with E-state index in [0.29, 0.717) is 23.4 Å². The van der Waals surface area contributed by atoms with Gasteiger partial charge in [0, 0.05) is 5.54 Å². The molecule has 0 bridgehead atoms. The molecular weight excluding hydrogens is 337 g/mol. The first-order valence-electron chi connectivity index (χ1n) is 6.74. The lowest BCUT2D eigenvalue weighted by atomic mass is 10.1. The van der Waals surface area contributed by atoms with Crippen LogP contribution in [0.5, 0.6) is 5.75 Å². The highest BCUT2D eigenvalue weighted by atomic mass is 79.9. The van der Waals surface area contributed by atoms with E-state index >= 15 is 0 Å². The van der Waals surface area contributed by atoms with E-state index in [2.05, 4.69) is 42.0 Å². The highest BCUT2D eigenvalue weighted by Gasteiger charge is 2.10. The Hall–Kier alpha value is -1.33. The topological polar surface area (TPSA) is 34.4 Å². The Bertz CT molecular complexity index is 605. The van der Waals surface area contributed by atoms with Gasteiger partial charge in [0.05, 0.1) is 11.0 Å². The normalized spacial score (nSPS) is 11.7. The fourth-order valence-electron chi connectivity index (χ4n) is 1.67. The number of halogens is 2. The minimum Gasteiger partial charge on any atom is -0.486 e. The standard InChI is InChI=1S/C16H19BrFNO2/c1-16(2,3)19-9-12-4-5-13(21-12)10-20-11-6-7-15(18)14(17)8-11/h4-8,19H,9-10H2,1-3H3. The third-order valence-electron chi connectivity index (χ3n) is 2.78. The minimum absolute atomic E-state index is 0.0455. The predicted octanol–water partition coefficient (Wildman–Crippen LogP) is 4.65. The summed E-state index contributed by atoms with van der Waals surface area (Å²) in [7, 11) is 0. The summed E-state index contributed by atoms with van der Waals surface area (Å²) in [6.07, 6.45) is 0. The number of hydrogen-bond donors (Lipinski definition) is 1. The van der Waals surface area contributed by atoms with Gasteiger partial charge in [0.15, 0.2) is 0 Å². The third kappa shape index (κ3) is 5.17. The number of benzene rings is 1. The minimum atomic E-state index is -0.309. The molecule has 0 atom stereocenters. The molecule has 0 aliphatic rings. The van der Waals surface area contributed by atoms with Crippen LogP contribution in [0.4, 0.5) is 4.39 Å². The van der Waals surface area contributed by atoms with Crippen LogP contribution in [-0.2, 0) is 13.2 Å². The van der Waals surface area contributed by atoms with Crippen molar-refractivity contribution >= 4 is 15.9 Å². The number of furan rings is 1. The molecule has 0 aliphatic carbocycles. The lowest BCUT2D eigenvalue weighted by molar-refractivity contribution is 0.262. The Morgan fingerprint density at radius 1 is 1.19 bits per heavy atom. The third-order valence-corrected chi connectivity index (χ3v) is 3.39. The fraction of sp³-hybridized carbons (Fsp3) is 0.375. The predicted molar refractivity (Wildman–Crippen MR) is 83.7 cm³/mol. The summed E-state index contributed by atoms with van der Waals surface area (Å²) < 4.78 is 24.8. The summed E-state index contributed by atoms with van der Waals surface area (Å²) in [4.78, 5) is 0. The molecule has 21 heavy (non-hydrogen) atoms. The maximum Gasteiger partial charge on any atom is 0.146 e. The van der Waals surface area contributed by atoms with Crippen molar-refractivity contribution in [2.45, 2.75) is 39.5 Å². The quantitative estimate of drug-likeness (QED) is 0.847. The van der Waals surface area contributed by atoms with Crippen LogP contribution in [-0.4, -0.2) is 5.54 Å². The molecule has 3 nitrogen and oxygen atoms in total. The summed E-state index contributed by atoms with van der Waals surface area (Å²) >= 11 is 3.13. The molecule has 0 fully saturated rings. The molecular formula is C16H19BrFNO2. The van der Waals surface area contributed by atoms with E-state index in [9.17, 15) is 4.39 Å². The summed E-state index contributed by atoms with van der Waals surface area (Å²) in [6, 6.07) is 8.36. The van der Waals surface area contributed by atoms with Gasteiger partial charge in [0.25, 0.3) is 0 Å². The molecule has 5 heteroatoms. The number of nitrogens with one attached hydrogen (secondary N) is 1. The molecule has 1 N–H and O–H groups in total. The van der Waals surface area contributed by atoms with Crippen molar-refractivity contribution in [3.05, 3.63) is 52.1 Å². The smallest absolute Gasteiger partial charge is 0.146 e. The van der Waals surface area contributed by atoms with Crippen LogP contribution in [0.1, 0.15) is 32.3 Å². The van der Waals surface area contributed by atoms with Gasteiger partial charge in [-0.1, -0.05) is 0 Å². The molecule has 114 valence electrons. The van der Waals surface area contributed by atoms with Crippen molar-refractivity contribution in [3.63, 3.8) is 0 Å². The highest BCUT2D eigenvalue weighted by Crippen LogP contribution is 2.22. The van der Waals surface area contributed by atoms with Crippen LogP contribution in [0.25, 0.3) is 0 Å². The molecule has 1 aromatic carbocycles. The Labute approximate surface area is 132 Å². The van der Waals surface area contributed by atoms with E-state index < -0.39 is 0 Å². The second-order valence-electron chi connectivity index (χ2n) is 5.84. The van der Waals surface area contributed by atoms with Gasteiger partial charge in [-0.05, 0) is 67.0 Å². The SMILES string of the molecule is CC(C)(C)NCc1ccc(COc2ccc(F)c(Br)c2)o1. The molecule has 2 aromatic rings. The molecule has 0 unspecified atom stereocenters. The van der Waals surface area contributed by atoms with E-state index in [1.165, 1.54) is 6.07 Å². The molecule has 0 saturated heterocycles. The van der Waals surface area contributed by atoms with E-state index in [4.69, 9.17) is 9.15 Å². The van der Waals surface area contributed by atoms with Crippen LogP contribution in [0.2, 0.25) is 0 Å². The summed E-state index contributed by atoms with van der Waals surface area (Å²) in [5, 5.41) is 3.36. The number of hydrogen-bond acceptors (Lipinski definition) is 3. The lowest BCUT2D eigenvalue weighted by Gasteiger charge is -2.19. The van der Waals surface area contributed by atoms with Gasteiger partial charge in [-0.3, -0.25) is 0 Å². The second-order valence-corrected chi connectivity index (χ2v) is 6.69. The number of ether oxygens (including phenoxy) is 1. The number of rotatable bonds is 5. The molecule has 0 radical (unpaired) electrons. The van der Waals surface area contributed by atoms with Gasteiger partial charge < -0.3 is 14.5 Å². The van der Waals surface area contributed by atoms with E-state index in [-0.39, 0.29) is 11.4 Å². The average molecular weight is 356 g/mol. The van der Waals surface area contributed by atoms with Crippen molar-refractivity contribution in [3.8, 4) is 5.75 Å². The molecule has 1 heterocycles. The maximum absolute atomic E-state index is 13.1. The Balaban J connectivity index is 1.89. The van der Waals surface area contributed by atoms with Gasteiger partial charge in [0.1, 0.15) is 29.7 Å². The van der Waals surface area contributed by atoms with Gasteiger partial charge in [0.2, 0.25) is 0 Å². The lowest BCUT2D eigenvalue weighted by Crippen LogP contribution is -2.34. The Morgan fingerprint density at radius 2 is 1.90 bits per heavy atom. The Morgan fingerprint density at radius 3 is 2.57 bits per heavy atom. The highest BCUT2D eigenvalue weighted by molar-refractivity contribution is 9.10. The van der Waals surface area contributed by atoms with Gasteiger partial charge in [-0.15, -0.1) is 0 Å². The van der Waals surface area contributed by atoms with E-state index in [0.717, 1.165) is 11.5 Å². The van der Waals surface area contributed by atoms with Crippen molar-refractivity contribution in [2.24, 2.45) is 0 Å². The molecule has 0 amide bonds. The van der Waals surface area contributed by atoms with E-state index in [1.54, 1.807) is 12.1 Å².